The maximum atomic E-state index is 13.0. The van der Waals surface area contributed by atoms with Crippen LogP contribution < -0.4 is 4.72 Å². The molecule has 0 amide bonds. The summed E-state index contributed by atoms with van der Waals surface area (Å²) in [5.41, 5.74) is 3.00. The van der Waals surface area contributed by atoms with Crippen molar-refractivity contribution in [3.63, 3.8) is 0 Å². The molecule has 9 nitrogen and oxygen atoms in total. The molecule has 0 aromatic heterocycles. The molecule has 0 aliphatic carbocycles. The van der Waals surface area contributed by atoms with Gasteiger partial charge in [-0.2, -0.15) is 0 Å². The van der Waals surface area contributed by atoms with Crippen LogP contribution in [0.15, 0.2) is 83.8 Å². The Balaban J connectivity index is 1.23. The molecule has 3 aliphatic rings. The summed E-state index contributed by atoms with van der Waals surface area (Å²) >= 11 is 0. The third-order valence-corrected chi connectivity index (χ3v) is 9.85. The van der Waals surface area contributed by atoms with Gasteiger partial charge in [-0.15, -0.1) is 0 Å². The summed E-state index contributed by atoms with van der Waals surface area (Å²) in [5, 5.41) is 9.54. The summed E-state index contributed by atoms with van der Waals surface area (Å²) in [5.74, 6) is -0.401. The van der Waals surface area contributed by atoms with Gasteiger partial charge in [-0.3, -0.25) is 4.72 Å². The number of nitrogens with zero attached hydrogens (tertiary/aromatic N) is 1. The highest BCUT2D eigenvalue weighted by Crippen LogP contribution is 2.43. The Hall–Kier alpha value is -2.83. The van der Waals surface area contributed by atoms with Crippen molar-refractivity contribution in [2.45, 2.75) is 55.6 Å². The quantitative estimate of drug-likeness (QED) is 0.390. The molecule has 3 saturated heterocycles. The third kappa shape index (κ3) is 6.40. The molecule has 1 spiro atoms. The predicted octanol–water partition coefficient (Wildman–Crippen LogP) is 4.61. The van der Waals surface area contributed by atoms with Crippen molar-refractivity contribution in [1.82, 2.24) is 4.90 Å². The summed E-state index contributed by atoms with van der Waals surface area (Å²) in [6.45, 7) is 5.85. The van der Waals surface area contributed by atoms with E-state index >= 15 is 0 Å². The topological polar surface area (TPSA) is 107 Å². The number of piperidine rings is 1. The van der Waals surface area contributed by atoms with Crippen LogP contribution in [0.1, 0.15) is 48.8 Å². The first kappa shape index (κ1) is 29.3. The van der Waals surface area contributed by atoms with E-state index in [9.17, 15) is 13.5 Å². The van der Waals surface area contributed by atoms with Gasteiger partial charge in [0.1, 0.15) is 0 Å². The monoisotopic (exact) mass is 594 g/mol. The van der Waals surface area contributed by atoms with Crippen molar-refractivity contribution in [2.24, 2.45) is 5.92 Å². The summed E-state index contributed by atoms with van der Waals surface area (Å²) in [4.78, 5) is 2.59. The van der Waals surface area contributed by atoms with E-state index in [1.807, 2.05) is 30.3 Å². The van der Waals surface area contributed by atoms with Gasteiger partial charge in [-0.05, 0) is 35.4 Å². The smallest absolute Gasteiger partial charge is 0.261 e. The maximum Gasteiger partial charge on any atom is 0.261 e. The van der Waals surface area contributed by atoms with Crippen LogP contribution in [0.2, 0.25) is 0 Å². The van der Waals surface area contributed by atoms with Crippen LogP contribution >= 0.6 is 0 Å². The second kappa shape index (κ2) is 12.4. The van der Waals surface area contributed by atoms with Crippen LogP contribution in [-0.2, 0) is 35.6 Å². The standard InChI is InChI=1S/C32H38N2O7S/c1-23-29(21-34-16-14-32(15-17-34)38-18-19-39-32)40-31(41-30(23)25-12-10-24(22-35)11-13-25)26-6-5-7-27(20-26)33-42(36,37)28-8-3-2-4-9-28/h2-13,20,23,29-31,33,35H,14-19,21-22H2,1H3. The van der Waals surface area contributed by atoms with E-state index in [2.05, 4.69) is 16.5 Å². The zero-order valence-corrected chi connectivity index (χ0v) is 24.5. The van der Waals surface area contributed by atoms with Gasteiger partial charge in [0.15, 0.2) is 12.1 Å². The van der Waals surface area contributed by atoms with Gasteiger partial charge in [0.2, 0.25) is 0 Å². The molecule has 4 atom stereocenters. The van der Waals surface area contributed by atoms with Gasteiger partial charge in [-0.1, -0.05) is 61.5 Å². The van der Waals surface area contributed by atoms with E-state index in [1.54, 1.807) is 48.5 Å². The zero-order chi connectivity index (χ0) is 29.2. The molecule has 3 aliphatic heterocycles. The van der Waals surface area contributed by atoms with E-state index in [1.165, 1.54) is 0 Å². The highest BCUT2D eigenvalue weighted by atomic mass is 32.2. The molecule has 0 bridgehead atoms. The Morgan fingerprint density at radius 1 is 0.905 bits per heavy atom. The lowest BCUT2D eigenvalue weighted by Gasteiger charge is -2.44. The van der Waals surface area contributed by atoms with Crippen LogP contribution in [0, 0.1) is 5.92 Å². The van der Waals surface area contributed by atoms with Crippen molar-refractivity contribution in [2.75, 3.05) is 37.6 Å². The lowest BCUT2D eigenvalue weighted by molar-refractivity contribution is -0.278. The Morgan fingerprint density at radius 3 is 2.31 bits per heavy atom. The average molecular weight is 595 g/mol. The normalized spacial score (nSPS) is 26.3. The Bertz CT molecular complexity index is 1440. The molecule has 6 rings (SSSR count). The molecule has 3 heterocycles. The number of sulfonamides is 1. The first-order valence-electron chi connectivity index (χ1n) is 14.5. The molecule has 3 fully saturated rings. The fourth-order valence-corrected chi connectivity index (χ4v) is 7.08. The molecule has 0 saturated carbocycles. The molecule has 10 heteroatoms. The largest absolute Gasteiger partial charge is 0.392 e. The molecule has 2 N–H and O–H groups in total. The van der Waals surface area contributed by atoms with Gasteiger partial charge >= 0.3 is 0 Å². The van der Waals surface area contributed by atoms with Gasteiger partial charge < -0.3 is 29.0 Å². The molecule has 224 valence electrons. The van der Waals surface area contributed by atoms with Crippen LogP contribution in [0.3, 0.4) is 0 Å². The van der Waals surface area contributed by atoms with Crippen molar-refractivity contribution < 1.29 is 32.5 Å². The number of anilines is 1. The third-order valence-electron chi connectivity index (χ3n) is 8.46. The first-order valence-corrected chi connectivity index (χ1v) is 16.0. The molecule has 42 heavy (non-hydrogen) atoms. The van der Waals surface area contributed by atoms with Gasteiger partial charge in [0.25, 0.3) is 10.0 Å². The van der Waals surface area contributed by atoms with Crippen molar-refractivity contribution in [3.05, 3.63) is 95.6 Å². The minimum Gasteiger partial charge on any atom is -0.392 e. The van der Waals surface area contributed by atoms with Gasteiger partial charge in [0, 0.05) is 49.6 Å². The number of hydrogen-bond acceptors (Lipinski definition) is 8. The lowest BCUT2D eigenvalue weighted by Crippen LogP contribution is -2.50. The number of ether oxygens (including phenoxy) is 4. The van der Waals surface area contributed by atoms with E-state index in [0.717, 1.165) is 49.2 Å². The van der Waals surface area contributed by atoms with E-state index in [0.29, 0.717) is 18.9 Å². The SMILES string of the molecule is CC1C(CN2CCC3(CC2)OCCO3)OC(c2cccc(NS(=O)(=O)c3ccccc3)c2)OC1c1ccc(CO)cc1. The fraction of sp³-hybridized carbons (Fsp3) is 0.438. The molecule has 0 radical (unpaired) electrons. The molecular formula is C32H38N2O7S. The molecule has 3 aromatic rings. The summed E-state index contributed by atoms with van der Waals surface area (Å²) in [6, 6.07) is 23.3. The number of rotatable bonds is 8. The summed E-state index contributed by atoms with van der Waals surface area (Å²) < 4.78 is 53.7. The molecule has 4 unspecified atom stereocenters. The predicted molar refractivity (Wildman–Crippen MR) is 157 cm³/mol. The zero-order valence-electron chi connectivity index (χ0n) is 23.7. The number of nitrogens with one attached hydrogen (secondary N) is 1. The van der Waals surface area contributed by atoms with Gasteiger partial charge in [-0.25, -0.2) is 8.42 Å². The van der Waals surface area contributed by atoms with Crippen molar-refractivity contribution >= 4 is 15.7 Å². The van der Waals surface area contributed by atoms with Crippen LogP contribution in [-0.4, -0.2) is 63.2 Å². The summed E-state index contributed by atoms with van der Waals surface area (Å²) in [7, 11) is -3.75. The molecular weight excluding hydrogens is 556 g/mol. The summed E-state index contributed by atoms with van der Waals surface area (Å²) in [6.07, 6.45) is 0.541. The van der Waals surface area contributed by atoms with E-state index in [4.69, 9.17) is 18.9 Å². The van der Waals surface area contributed by atoms with Crippen molar-refractivity contribution in [3.8, 4) is 0 Å². The fourth-order valence-electron chi connectivity index (χ4n) is 6.01. The van der Waals surface area contributed by atoms with E-state index in [-0.39, 0.29) is 29.6 Å². The number of benzene rings is 3. The average Bonchev–Trinajstić information content (AvgIpc) is 3.47. The second-order valence-electron chi connectivity index (χ2n) is 11.3. The van der Waals surface area contributed by atoms with Crippen LogP contribution in [0.25, 0.3) is 0 Å². The van der Waals surface area contributed by atoms with Crippen LogP contribution in [0.4, 0.5) is 5.69 Å². The van der Waals surface area contributed by atoms with Gasteiger partial charge in [0.05, 0.1) is 36.9 Å². The first-order chi connectivity index (χ1) is 20.3. The number of hydrogen-bond donors (Lipinski definition) is 2. The Kier molecular flexibility index (Phi) is 8.65. The lowest BCUT2D eigenvalue weighted by atomic mass is 9.89. The highest BCUT2D eigenvalue weighted by Gasteiger charge is 2.43. The van der Waals surface area contributed by atoms with Crippen molar-refractivity contribution in [1.29, 1.82) is 0 Å². The minimum absolute atomic E-state index is 0.0225. The number of aliphatic hydroxyl groups excluding tert-OH is 1. The Labute approximate surface area is 247 Å². The molecule has 3 aromatic carbocycles. The number of aliphatic hydroxyl groups is 1. The van der Waals surface area contributed by atoms with E-state index < -0.39 is 22.1 Å². The maximum absolute atomic E-state index is 13.0. The number of likely N-dealkylation sites (tertiary alicyclic amines) is 1. The second-order valence-corrected chi connectivity index (χ2v) is 13.0. The minimum atomic E-state index is -3.75. The van der Waals surface area contributed by atoms with Crippen LogP contribution in [0.5, 0.6) is 0 Å². The Morgan fingerprint density at radius 2 is 1.62 bits per heavy atom. The highest BCUT2D eigenvalue weighted by molar-refractivity contribution is 7.92.